The molecule has 7 heteroatoms. The Morgan fingerprint density at radius 1 is 1.07 bits per heavy atom. The Kier molecular flexibility index (Phi) is 4.64. The minimum Gasteiger partial charge on any atom is -0.486 e. The Labute approximate surface area is 169 Å². The summed E-state index contributed by atoms with van der Waals surface area (Å²) in [6.45, 7) is 2.94. The highest BCUT2D eigenvalue weighted by molar-refractivity contribution is 5.49. The van der Waals surface area contributed by atoms with Gasteiger partial charge < -0.3 is 14.6 Å². The van der Waals surface area contributed by atoms with Crippen molar-refractivity contribution in [2.24, 2.45) is 0 Å². The Morgan fingerprint density at radius 3 is 2.66 bits per heavy atom. The summed E-state index contributed by atoms with van der Waals surface area (Å²) >= 11 is 0. The molecule has 2 aromatic rings. The lowest BCUT2D eigenvalue weighted by molar-refractivity contribution is -0.385. The highest BCUT2D eigenvalue weighted by Crippen LogP contribution is 2.43. The minimum atomic E-state index is -0.678. The number of non-ortho nitro benzene ring substituents is 1. The average Bonchev–Trinajstić information content (AvgIpc) is 3.09. The number of nitro groups is 1. The number of rotatable bonds is 3. The zero-order valence-electron chi connectivity index (χ0n) is 16.1. The zero-order chi connectivity index (χ0) is 20.0. The fourth-order valence-electron chi connectivity index (χ4n) is 4.99. The van der Waals surface area contributed by atoms with E-state index in [0.717, 1.165) is 49.4 Å². The number of para-hydroxylation sites is 1. The molecule has 0 saturated carbocycles. The molecular weight excluding hydrogens is 372 g/mol. The molecule has 3 aliphatic rings. The summed E-state index contributed by atoms with van der Waals surface area (Å²) < 4.78 is 11.6. The highest BCUT2D eigenvalue weighted by atomic mass is 16.6. The smallest absolute Gasteiger partial charge is 0.269 e. The van der Waals surface area contributed by atoms with Crippen molar-refractivity contribution in [1.82, 2.24) is 4.90 Å². The van der Waals surface area contributed by atoms with Gasteiger partial charge in [-0.1, -0.05) is 18.2 Å². The third-order valence-corrected chi connectivity index (χ3v) is 6.49. The van der Waals surface area contributed by atoms with E-state index in [4.69, 9.17) is 9.47 Å². The van der Waals surface area contributed by atoms with E-state index in [9.17, 15) is 15.2 Å². The van der Waals surface area contributed by atoms with E-state index >= 15 is 0 Å². The lowest BCUT2D eigenvalue weighted by Gasteiger charge is -2.38. The van der Waals surface area contributed by atoms with Crippen LogP contribution in [0.1, 0.15) is 41.6 Å². The molecule has 1 aliphatic carbocycles. The summed E-state index contributed by atoms with van der Waals surface area (Å²) in [5, 5.41) is 21.9. The number of nitro benzene ring substituents is 1. The van der Waals surface area contributed by atoms with Gasteiger partial charge >= 0.3 is 0 Å². The summed E-state index contributed by atoms with van der Waals surface area (Å²) in [6, 6.07) is 10.9. The van der Waals surface area contributed by atoms with Gasteiger partial charge in [-0.25, -0.2) is 0 Å². The standard InChI is InChI=1S/C22H24N2O5/c25-21-18-13-16(24(26)27)5-4-15(18)12-19(21)23-8-6-14(7-9-23)17-2-1-3-20-22(17)29-11-10-28-20/h1-5,13-14,19,21,25H,6-12H2/t19-,21-/m1/s1. The monoisotopic (exact) mass is 396 g/mol. The zero-order valence-corrected chi connectivity index (χ0v) is 16.1. The molecule has 1 saturated heterocycles. The van der Waals surface area contributed by atoms with Gasteiger partial charge in [-0.2, -0.15) is 0 Å². The Hall–Kier alpha value is -2.64. The maximum absolute atomic E-state index is 11.1. The molecule has 2 aliphatic heterocycles. The number of nitrogens with zero attached hydrogens (tertiary/aromatic N) is 2. The first-order valence-electron chi connectivity index (χ1n) is 10.2. The normalized spacial score (nSPS) is 24.3. The molecule has 0 amide bonds. The quantitative estimate of drug-likeness (QED) is 0.634. The summed E-state index contributed by atoms with van der Waals surface area (Å²) in [4.78, 5) is 13.0. The van der Waals surface area contributed by atoms with Crippen LogP contribution in [0.2, 0.25) is 0 Å². The van der Waals surface area contributed by atoms with Crippen molar-refractivity contribution >= 4 is 5.69 Å². The van der Waals surface area contributed by atoms with Gasteiger partial charge in [0.25, 0.3) is 5.69 Å². The predicted molar refractivity (Wildman–Crippen MR) is 107 cm³/mol. The molecule has 2 atom stereocenters. The summed E-state index contributed by atoms with van der Waals surface area (Å²) in [7, 11) is 0. The fraction of sp³-hybridized carbons (Fsp3) is 0.455. The predicted octanol–water partition coefficient (Wildman–Crippen LogP) is 3.20. The molecule has 29 heavy (non-hydrogen) atoms. The Morgan fingerprint density at radius 2 is 1.86 bits per heavy atom. The summed E-state index contributed by atoms with van der Waals surface area (Å²) in [6.07, 6.45) is 2.03. The van der Waals surface area contributed by atoms with Crippen molar-refractivity contribution < 1.29 is 19.5 Å². The molecule has 0 spiro atoms. The summed E-state index contributed by atoms with van der Waals surface area (Å²) in [5.74, 6) is 2.13. The van der Waals surface area contributed by atoms with E-state index in [1.807, 2.05) is 12.1 Å². The molecular formula is C22H24N2O5. The van der Waals surface area contributed by atoms with Gasteiger partial charge in [0.1, 0.15) is 13.2 Å². The molecule has 152 valence electrons. The molecule has 1 N–H and O–H groups in total. The third kappa shape index (κ3) is 3.24. The number of ether oxygens (including phenoxy) is 2. The molecule has 1 fully saturated rings. The number of piperidine rings is 1. The second-order valence-corrected chi connectivity index (χ2v) is 8.04. The largest absolute Gasteiger partial charge is 0.486 e. The molecule has 0 aromatic heterocycles. The molecule has 2 aromatic carbocycles. The van der Waals surface area contributed by atoms with Crippen molar-refractivity contribution in [1.29, 1.82) is 0 Å². The first-order chi connectivity index (χ1) is 14.1. The van der Waals surface area contributed by atoms with Gasteiger partial charge in [-0.05, 0) is 55.5 Å². The first-order valence-corrected chi connectivity index (χ1v) is 10.2. The molecule has 7 nitrogen and oxygen atoms in total. The van der Waals surface area contributed by atoms with Crippen molar-refractivity contribution in [3.8, 4) is 11.5 Å². The number of hydrogen-bond donors (Lipinski definition) is 1. The van der Waals surface area contributed by atoms with E-state index in [-0.39, 0.29) is 11.7 Å². The number of fused-ring (bicyclic) bond motifs is 2. The summed E-state index contributed by atoms with van der Waals surface area (Å²) in [5.41, 5.74) is 2.97. The third-order valence-electron chi connectivity index (χ3n) is 6.49. The maximum atomic E-state index is 11.1. The molecule has 0 bridgehead atoms. The van der Waals surface area contributed by atoms with Crippen molar-refractivity contribution in [2.45, 2.75) is 37.3 Å². The number of hydrogen-bond acceptors (Lipinski definition) is 6. The van der Waals surface area contributed by atoms with Crippen molar-refractivity contribution in [3.63, 3.8) is 0 Å². The van der Waals surface area contributed by atoms with Gasteiger partial charge in [-0.15, -0.1) is 0 Å². The second kappa shape index (κ2) is 7.31. The SMILES string of the molecule is O=[N+]([O-])c1ccc2c(c1)[C@@H](O)[C@H](N1CCC(c3cccc4c3OCCO4)CC1)C2. The van der Waals surface area contributed by atoms with Crippen LogP contribution in [0.5, 0.6) is 11.5 Å². The topological polar surface area (TPSA) is 85.1 Å². The number of benzene rings is 2. The Balaban J connectivity index is 1.29. The average molecular weight is 396 g/mol. The van der Waals surface area contributed by atoms with Crippen LogP contribution in [0.15, 0.2) is 36.4 Å². The van der Waals surface area contributed by atoms with Crippen LogP contribution in [0.25, 0.3) is 0 Å². The maximum Gasteiger partial charge on any atom is 0.269 e. The first kappa shape index (κ1) is 18.4. The number of aliphatic hydroxyl groups is 1. The van der Waals surface area contributed by atoms with Crippen LogP contribution in [0.3, 0.4) is 0 Å². The van der Waals surface area contributed by atoms with Crippen molar-refractivity contribution in [3.05, 3.63) is 63.2 Å². The van der Waals surface area contributed by atoms with Gasteiger partial charge in [-0.3, -0.25) is 15.0 Å². The lowest BCUT2D eigenvalue weighted by Crippen LogP contribution is -2.43. The van der Waals surface area contributed by atoms with Crippen LogP contribution < -0.4 is 9.47 Å². The van der Waals surface area contributed by atoms with Crippen LogP contribution in [0.4, 0.5) is 5.69 Å². The highest BCUT2D eigenvalue weighted by Gasteiger charge is 2.38. The van der Waals surface area contributed by atoms with E-state index in [0.29, 0.717) is 24.7 Å². The van der Waals surface area contributed by atoms with Gasteiger partial charge in [0.15, 0.2) is 11.5 Å². The fourth-order valence-corrected chi connectivity index (χ4v) is 4.99. The number of likely N-dealkylation sites (tertiary alicyclic amines) is 1. The van der Waals surface area contributed by atoms with Crippen LogP contribution in [-0.2, 0) is 6.42 Å². The minimum absolute atomic E-state index is 0.0165. The van der Waals surface area contributed by atoms with E-state index in [1.54, 1.807) is 6.07 Å². The number of aliphatic hydroxyl groups excluding tert-OH is 1. The molecule has 5 rings (SSSR count). The Bertz CT molecular complexity index is 939. The lowest BCUT2D eigenvalue weighted by atomic mass is 9.87. The van der Waals surface area contributed by atoms with Gasteiger partial charge in [0, 0.05) is 23.7 Å². The molecule has 0 radical (unpaired) electrons. The van der Waals surface area contributed by atoms with Gasteiger partial charge in [0.2, 0.25) is 0 Å². The molecule has 2 heterocycles. The van der Waals surface area contributed by atoms with Crippen molar-refractivity contribution in [2.75, 3.05) is 26.3 Å². The van der Waals surface area contributed by atoms with E-state index in [1.165, 1.54) is 17.7 Å². The van der Waals surface area contributed by atoms with Crippen LogP contribution in [0, 0.1) is 10.1 Å². The molecule has 0 unspecified atom stereocenters. The van der Waals surface area contributed by atoms with E-state index < -0.39 is 11.0 Å². The van der Waals surface area contributed by atoms with Crippen LogP contribution >= 0.6 is 0 Å². The van der Waals surface area contributed by atoms with E-state index in [2.05, 4.69) is 11.0 Å². The second-order valence-electron chi connectivity index (χ2n) is 8.04. The van der Waals surface area contributed by atoms with Gasteiger partial charge in [0.05, 0.1) is 11.0 Å². The van der Waals surface area contributed by atoms with Crippen LogP contribution in [-0.4, -0.2) is 47.3 Å².